The van der Waals surface area contributed by atoms with E-state index >= 15 is 0 Å². The van der Waals surface area contributed by atoms with Gasteiger partial charge in [0.1, 0.15) is 6.29 Å². The quantitative estimate of drug-likeness (QED) is 0.444. The summed E-state index contributed by atoms with van der Waals surface area (Å²) < 4.78 is 1.49. The Morgan fingerprint density at radius 3 is 2.06 bits per heavy atom. The molecule has 174 valence electrons. The fraction of sp³-hybridized carbons (Fsp3) is 0.269. The summed E-state index contributed by atoms with van der Waals surface area (Å²) in [7, 11) is 2.65. The van der Waals surface area contributed by atoms with Gasteiger partial charge in [-0.1, -0.05) is 23.7 Å². The first kappa shape index (κ1) is 29.6. The Balaban J connectivity index is 0.000000991. The number of hydrogen-bond donors (Lipinski definition) is 2. The van der Waals surface area contributed by atoms with E-state index in [9.17, 15) is 14.9 Å². The molecular formula is C26H29ClN2O4. The summed E-state index contributed by atoms with van der Waals surface area (Å²) in [6.07, 6.45) is 8.88. The van der Waals surface area contributed by atoms with Gasteiger partial charge in [-0.15, -0.1) is 12.8 Å². The van der Waals surface area contributed by atoms with Crippen LogP contribution in [0.2, 0.25) is 5.02 Å². The third-order valence-corrected chi connectivity index (χ3v) is 4.31. The molecule has 3 rings (SSSR count). The van der Waals surface area contributed by atoms with Gasteiger partial charge in [0.2, 0.25) is 0 Å². The van der Waals surface area contributed by atoms with Gasteiger partial charge in [0.25, 0.3) is 5.56 Å². The van der Waals surface area contributed by atoms with E-state index in [0.717, 1.165) is 24.5 Å². The topological polar surface area (TPSA) is 103 Å². The monoisotopic (exact) mass is 468 g/mol. The average Bonchev–Trinajstić information content (AvgIpc) is 2.79. The largest absolute Gasteiger partial charge is 0.400 e. The van der Waals surface area contributed by atoms with Crippen molar-refractivity contribution in [2.24, 2.45) is 7.05 Å². The van der Waals surface area contributed by atoms with E-state index in [4.69, 9.17) is 21.8 Å². The lowest BCUT2D eigenvalue weighted by Gasteiger charge is -2.16. The molecule has 0 saturated heterocycles. The molecule has 0 aliphatic heterocycles. The van der Waals surface area contributed by atoms with Gasteiger partial charge in [0, 0.05) is 42.2 Å². The smallest absolute Gasteiger partial charge is 0.258 e. The van der Waals surface area contributed by atoms with Crippen LogP contribution in [0.5, 0.6) is 0 Å². The van der Waals surface area contributed by atoms with Gasteiger partial charge in [-0.25, -0.2) is 0 Å². The molecule has 0 fully saturated rings. The molecule has 7 heteroatoms. The molecule has 33 heavy (non-hydrogen) atoms. The molecule has 1 aromatic heterocycles. The number of pyridine rings is 1. The van der Waals surface area contributed by atoms with Crippen molar-refractivity contribution >= 4 is 28.7 Å². The zero-order chi connectivity index (χ0) is 25.8. The molecule has 0 saturated carbocycles. The molecule has 0 aliphatic rings. The maximum absolute atomic E-state index is 12.6. The molecule has 0 bridgehead atoms. The second kappa shape index (κ2) is 13.9. The van der Waals surface area contributed by atoms with Crippen molar-refractivity contribution in [2.45, 2.75) is 32.8 Å². The molecule has 0 spiro atoms. The van der Waals surface area contributed by atoms with Crippen molar-refractivity contribution in [3.05, 3.63) is 69.1 Å². The summed E-state index contributed by atoms with van der Waals surface area (Å²) in [5.74, 6) is 0. The Bertz CT molecular complexity index is 1180. The first-order chi connectivity index (χ1) is 15.6. The maximum Gasteiger partial charge on any atom is 0.258 e. The molecule has 6 nitrogen and oxygen atoms in total. The Hall–Kier alpha value is -3.42. The highest BCUT2D eigenvalue weighted by Crippen LogP contribution is 2.32. The van der Waals surface area contributed by atoms with Crippen molar-refractivity contribution < 1.29 is 15.0 Å². The van der Waals surface area contributed by atoms with Gasteiger partial charge >= 0.3 is 0 Å². The fourth-order valence-corrected chi connectivity index (χ4v) is 3.02. The second-order valence-corrected chi connectivity index (χ2v) is 8.04. The average molecular weight is 469 g/mol. The number of aliphatic hydroxyl groups is 2. The lowest BCUT2D eigenvalue weighted by molar-refractivity contribution is -0.107. The van der Waals surface area contributed by atoms with Crippen molar-refractivity contribution in [3.63, 3.8) is 0 Å². The van der Waals surface area contributed by atoms with Gasteiger partial charge < -0.3 is 19.6 Å². The molecule has 2 N–H and O–H groups in total. The lowest BCUT2D eigenvalue weighted by atomic mass is 9.94. The van der Waals surface area contributed by atoms with Crippen LogP contribution in [0.25, 0.3) is 21.9 Å². The van der Waals surface area contributed by atoms with Crippen molar-refractivity contribution in [3.8, 4) is 30.0 Å². The number of rotatable bonds is 3. The van der Waals surface area contributed by atoms with E-state index < -0.39 is 5.60 Å². The van der Waals surface area contributed by atoms with Crippen LogP contribution in [0.1, 0.15) is 32.0 Å². The first-order valence-corrected chi connectivity index (χ1v) is 10.2. The van der Waals surface area contributed by atoms with Gasteiger partial charge in [-0.2, -0.15) is 5.26 Å². The minimum absolute atomic E-state index is 0.108. The summed E-state index contributed by atoms with van der Waals surface area (Å²) in [6.45, 7) is 5.23. The van der Waals surface area contributed by atoms with Crippen LogP contribution in [-0.4, -0.2) is 33.8 Å². The first-order valence-electron chi connectivity index (χ1n) is 9.82. The van der Waals surface area contributed by atoms with Crippen molar-refractivity contribution in [1.29, 1.82) is 5.26 Å². The number of fused-ring (bicyclic) bond motifs is 1. The maximum atomic E-state index is 12.6. The van der Waals surface area contributed by atoms with E-state index in [1.54, 1.807) is 58.2 Å². The molecule has 0 amide bonds. The van der Waals surface area contributed by atoms with E-state index in [-0.39, 0.29) is 12.0 Å². The molecule has 1 heterocycles. The van der Waals surface area contributed by atoms with Crippen LogP contribution in [0.15, 0.2) is 47.3 Å². The third-order valence-electron chi connectivity index (χ3n) is 4.06. The Kier molecular flexibility index (Phi) is 12.4. The number of hydrogen-bond acceptors (Lipinski definition) is 5. The van der Waals surface area contributed by atoms with Crippen molar-refractivity contribution in [2.75, 3.05) is 7.11 Å². The number of nitriles is 1. The van der Waals surface area contributed by atoms with Crippen LogP contribution in [0.3, 0.4) is 0 Å². The SMILES string of the molecule is C#C.CC(C)(C)O.CO.Cn1c(CC=O)c(-c2ccc(Cl)cc2)c2cc(C#N)ccc2c1=O. The molecule has 0 aliphatic carbocycles. The van der Waals surface area contributed by atoms with Crippen LogP contribution < -0.4 is 5.56 Å². The number of nitrogens with zero attached hydrogens (tertiary/aromatic N) is 2. The highest BCUT2D eigenvalue weighted by molar-refractivity contribution is 6.30. The van der Waals surface area contributed by atoms with E-state index in [1.807, 2.05) is 12.1 Å². The third kappa shape index (κ3) is 8.56. The van der Waals surface area contributed by atoms with Crippen LogP contribution in [-0.2, 0) is 18.3 Å². The fourth-order valence-electron chi connectivity index (χ4n) is 2.89. The molecular weight excluding hydrogens is 440 g/mol. The minimum Gasteiger partial charge on any atom is -0.400 e. The Labute approximate surface area is 199 Å². The van der Waals surface area contributed by atoms with Gasteiger partial charge in [-0.05, 0) is 62.1 Å². The molecule has 0 radical (unpaired) electrons. The van der Waals surface area contributed by atoms with Crippen LogP contribution in [0, 0.1) is 24.2 Å². The molecule has 3 aromatic rings. The molecule has 2 aromatic carbocycles. The van der Waals surface area contributed by atoms with Crippen LogP contribution >= 0.6 is 11.6 Å². The molecule has 0 atom stereocenters. The zero-order valence-electron chi connectivity index (χ0n) is 19.5. The summed E-state index contributed by atoms with van der Waals surface area (Å²) >= 11 is 5.97. The summed E-state index contributed by atoms with van der Waals surface area (Å²) in [4.78, 5) is 23.7. The van der Waals surface area contributed by atoms with Gasteiger partial charge in [-0.3, -0.25) is 4.79 Å². The number of carbonyl (C=O) groups excluding carboxylic acids is 1. The Morgan fingerprint density at radius 1 is 1.09 bits per heavy atom. The predicted octanol–water partition coefficient (Wildman–Crippen LogP) is 4.11. The van der Waals surface area contributed by atoms with E-state index in [2.05, 4.69) is 18.9 Å². The van der Waals surface area contributed by atoms with Crippen molar-refractivity contribution in [1.82, 2.24) is 4.57 Å². The predicted molar refractivity (Wildman–Crippen MR) is 134 cm³/mol. The standard InChI is InChI=1S/C19H13ClN2O2.C4H10O.C2H2.CH4O/c1-22-17(8-9-23)18(13-3-5-14(20)6-4-13)16-10-12(11-21)2-7-15(16)19(22)24;1-4(2,3)5;2*1-2/h2-7,9-10H,8H2,1H3;5H,1-3H3;1-2H;2H,1H3. The highest BCUT2D eigenvalue weighted by Gasteiger charge is 2.16. The number of halogens is 1. The van der Waals surface area contributed by atoms with Gasteiger partial charge in [0.05, 0.1) is 17.2 Å². The summed E-state index contributed by atoms with van der Waals surface area (Å²) in [5, 5.41) is 26.5. The van der Waals surface area contributed by atoms with E-state index in [1.165, 1.54) is 4.57 Å². The Morgan fingerprint density at radius 2 is 1.61 bits per heavy atom. The van der Waals surface area contributed by atoms with E-state index in [0.29, 0.717) is 27.1 Å². The number of terminal acetylenes is 1. The molecule has 0 unspecified atom stereocenters. The normalized spacial score (nSPS) is 9.73. The summed E-state index contributed by atoms with van der Waals surface area (Å²) in [6, 6.07) is 14.3. The highest BCUT2D eigenvalue weighted by atomic mass is 35.5. The van der Waals surface area contributed by atoms with Gasteiger partial charge in [0.15, 0.2) is 0 Å². The number of carbonyl (C=O) groups is 1. The second-order valence-electron chi connectivity index (χ2n) is 7.61. The minimum atomic E-state index is -0.500. The zero-order valence-corrected chi connectivity index (χ0v) is 20.2. The number of aliphatic hydroxyl groups excluding tert-OH is 1. The lowest BCUT2D eigenvalue weighted by Crippen LogP contribution is -2.22. The summed E-state index contributed by atoms with van der Waals surface area (Å²) in [5.41, 5.74) is 1.99. The number of benzene rings is 2. The number of aldehydes is 1. The van der Waals surface area contributed by atoms with Crippen LogP contribution in [0.4, 0.5) is 0 Å². The number of aromatic nitrogens is 1.